The topological polar surface area (TPSA) is 43.8 Å². The van der Waals surface area contributed by atoms with E-state index in [1.165, 1.54) is 0 Å². The van der Waals surface area contributed by atoms with Crippen LogP contribution in [0.4, 0.5) is 0 Å². The van der Waals surface area contributed by atoms with E-state index >= 15 is 0 Å². The molecule has 0 spiro atoms. The van der Waals surface area contributed by atoms with Crippen LogP contribution in [0.1, 0.15) is 5.82 Å². The van der Waals surface area contributed by atoms with Gasteiger partial charge in [-0.2, -0.15) is 11.8 Å². The summed E-state index contributed by atoms with van der Waals surface area (Å²) in [5, 5.41) is 0. The molecule has 0 saturated carbocycles. The van der Waals surface area contributed by atoms with Crippen LogP contribution in [-0.2, 0) is 13.5 Å². The zero-order chi connectivity index (χ0) is 8.97. The fourth-order valence-corrected chi connectivity index (χ4v) is 1.65. The second-order valence-corrected chi connectivity index (χ2v) is 3.78. The molecule has 0 radical (unpaired) electrons. The van der Waals surface area contributed by atoms with Gasteiger partial charge in [0.2, 0.25) is 0 Å². The lowest BCUT2D eigenvalue weighted by Gasteiger charge is -2.08. The molecule has 68 valence electrons. The maximum absolute atomic E-state index is 5.87. The summed E-state index contributed by atoms with van der Waals surface area (Å²) in [6.45, 7) is 0. The minimum Gasteiger partial charge on any atom is -0.338 e. The Balaban J connectivity index is 2.46. The summed E-state index contributed by atoms with van der Waals surface area (Å²) in [5.41, 5.74) is 5.87. The quantitative estimate of drug-likeness (QED) is 0.749. The van der Waals surface area contributed by atoms with Crippen LogP contribution in [-0.4, -0.2) is 27.6 Å². The van der Waals surface area contributed by atoms with Gasteiger partial charge in [0.15, 0.2) is 0 Å². The van der Waals surface area contributed by atoms with Crippen LogP contribution in [0.15, 0.2) is 12.4 Å². The number of aryl methyl sites for hydroxylation is 1. The van der Waals surface area contributed by atoms with Gasteiger partial charge in [0.05, 0.1) is 0 Å². The zero-order valence-corrected chi connectivity index (χ0v) is 8.34. The third-order valence-corrected chi connectivity index (χ3v) is 2.51. The molecule has 0 fully saturated rings. The fourth-order valence-electron chi connectivity index (χ4n) is 1.10. The molecule has 1 aromatic rings. The van der Waals surface area contributed by atoms with Gasteiger partial charge in [-0.25, -0.2) is 4.98 Å². The molecule has 0 saturated heterocycles. The summed E-state index contributed by atoms with van der Waals surface area (Å²) < 4.78 is 2.01. The van der Waals surface area contributed by atoms with Crippen molar-refractivity contribution in [1.29, 1.82) is 0 Å². The van der Waals surface area contributed by atoms with Crippen LogP contribution in [0.2, 0.25) is 0 Å². The van der Waals surface area contributed by atoms with Gasteiger partial charge in [0, 0.05) is 37.7 Å². The van der Waals surface area contributed by atoms with Crippen molar-refractivity contribution in [2.24, 2.45) is 12.8 Å². The molecule has 4 heteroatoms. The minimum atomic E-state index is 0.223. The van der Waals surface area contributed by atoms with E-state index in [4.69, 9.17) is 5.73 Å². The first-order chi connectivity index (χ1) is 5.74. The van der Waals surface area contributed by atoms with E-state index in [0.29, 0.717) is 0 Å². The largest absolute Gasteiger partial charge is 0.338 e. The van der Waals surface area contributed by atoms with Crippen molar-refractivity contribution >= 4 is 11.8 Å². The molecule has 0 aliphatic rings. The van der Waals surface area contributed by atoms with E-state index in [2.05, 4.69) is 11.2 Å². The van der Waals surface area contributed by atoms with Gasteiger partial charge in [0.25, 0.3) is 0 Å². The first-order valence-corrected chi connectivity index (χ1v) is 5.34. The number of thioether (sulfide) groups is 1. The van der Waals surface area contributed by atoms with Crippen LogP contribution < -0.4 is 5.73 Å². The van der Waals surface area contributed by atoms with E-state index in [-0.39, 0.29) is 6.04 Å². The monoisotopic (exact) mass is 185 g/mol. The number of aromatic nitrogens is 2. The SMILES string of the molecule is CSCC(N)Cc1nccn1C. The smallest absolute Gasteiger partial charge is 0.109 e. The number of hydrogen-bond acceptors (Lipinski definition) is 3. The van der Waals surface area contributed by atoms with Gasteiger partial charge < -0.3 is 10.3 Å². The lowest BCUT2D eigenvalue weighted by molar-refractivity contribution is 0.679. The molecule has 0 amide bonds. The summed E-state index contributed by atoms with van der Waals surface area (Å²) in [6, 6.07) is 0.223. The Morgan fingerprint density at radius 3 is 3.00 bits per heavy atom. The Hall–Kier alpha value is -0.480. The molecule has 1 unspecified atom stereocenters. The molecule has 2 N–H and O–H groups in total. The summed E-state index contributed by atoms with van der Waals surface area (Å²) in [4.78, 5) is 4.21. The maximum Gasteiger partial charge on any atom is 0.109 e. The fraction of sp³-hybridized carbons (Fsp3) is 0.625. The zero-order valence-electron chi connectivity index (χ0n) is 7.53. The van der Waals surface area contributed by atoms with Gasteiger partial charge in [0.1, 0.15) is 5.82 Å². The highest BCUT2D eigenvalue weighted by atomic mass is 32.2. The predicted molar refractivity (Wildman–Crippen MR) is 53.3 cm³/mol. The van der Waals surface area contributed by atoms with Gasteiger partial charge in [-0.15, -0.1) is 0 Å². The third kappa shape index (κ3) is 2.53. The normalized spacial score (nSPS) is 13.2. The number of rotatable bonds is 4. The summed E-state index contributed by atoms with van der Waals surface area (Å²) in [5.74, 6) is 2.06. The van der Waals surface area contributed by atoms with Crippen LogP contribution >= 0.6 is 11.8 Å². The van der Waals surface area contributed by atoms with E-state index in [0.717, 1.165) is 18.0 Å². The lowest BCUT2D eigenvalue weighted by Crippen LogP contribution is -2.26. The molecule has 0 bridgehead atoms. The Labute approximate surface area is 77.4 Å². The molecule has 1 atom stereocenters. The predicted octanol–water partition coefficient (Wildman–Crippen LogP) is 0.653. The van der Waals surface area contributed by atoms with Crippen molar-refractivity contribution in [3.05, 3.63) is 18.2 Å². The number of hydrogen-bond donors (Lipinski definition) is 1. The second kappa shape index (κ2) is 4.52. The van der Waals surface area contributed by atoms with Crippen LogP contribution in [0.5, 0.6) is 0 Å². The molecule has 1 rings (SSSR count). The molecule has 12 heavy (non-hydrogen) atoms. The first-order valence-electron chi connectivity index (χ1n) is 3.94. The van der Waals surface area contributed by atoms with Crippen molar-refractivity contribution in [3.8, 4) is 0 Å². The number of imidazole rings is 1. The Bertz CT molecular complexity index is 234. The van der Waals surface area contributed by atoms with Gasteiger partial charge in [-0.05, 0) is 6.26 Å². The van der Waals surface area contributed by atoms with Crippen molar-refractivity contribution < 1.29 is 0 Å². The van der Waals surface area contributed by atoms with Gasteiger partial charge >= 0.3 is 0 Å². The van der Waals surface area contributed by atoms with Crippen LogP contribution in [0.3, 0.4) is 0 Å². The minimum absolute atomic E-state index is 0.223. The summed E-state index contributed by atoms with van der Waals surface area (Å²) in [7, 11) is 1.99. The summed E-state index contributed by atoms with van der Waals surface area (Å²) >= 11 is 1.78. The van der Waals surface area contributed by atoms with Crippen molar-refractivity contribution in [3.63, 3.8) is 0 Å². The highest BCUT2D eigenvalue weighted by Crippen LogP contribution is 2.02. The maximum atomic E-state index is 5.87. The van der Waals surface area contributed by atoms with Crippen LogP contribution in [0, 0.1) is 0 Å². The Morgan fingerprint density at radius 2 is 2.50 bits per heavy atom. The average molecular weight is 185 g/mol. The van der Waals surface area contributed by atoms with E-state index < -0.39 is 0 Å². The first kappa shape index (κ1) is 9.61. The standard InChI is InChI=1S/C8H15N3S/c1-11-4-3-10-8(11)5-7(9)6-12-2/h3-4,7H,5-6,9H2,1-2H3. The van der Waals surface area contributed by atoms with Gasteiger partial charge in [-0.3, -0.25) is 0 Å². The molecule has 0 aromatic carbocycles. The van der Waals surface area contributed by atoms with E-state index in [1.54, 1.807) is 18.0 Å². The van der Waals surface area contributed by atoms with Crippen molar-refractivity contribution in [2.45, 2.75) is 12.5 Å². The van der Waals surface area contributed by atoms with Gasteiger partial charge in [-0.1, -0.05) is 0 Å². The van der Waals surface area contributed by atoms with E-state index in [1.807, 2.05) is 17.8 Å². The summed E-state index contributed by atoms with van der Waals surface area (Å²) in [6.07, 6.45) is 6.69. The molecule has 3 nitrogen and oxygen atoms in total. The molecular weight excluding hydrogens is 170 g/mol. The second-order valence-electron chi connectivity index (χ2n) is 2.87. The van der Waals surface area contributed by atoms with Crippen molar-refractivity contribution in [2.75, 3.05) is 12.0 Å². The van der Waals surface area contributed by atoms with Crippen LogP contribution in [0.25, 0.3) is 0 Å². The highest BCUT2D eigenvalue weighted by molar-refractivity contribution is 7.98. The molecule has 0 aliphatic carbocycles. The third-order valence-electron chi connectivity index (χ3n) is 1.75. The Morgan fingerprint density at radius 1 is 1.75 bits per heavy atom. The molecule has 1 heterocycles. The lowest BCUT2D eigenvalue weighted by atomic mass is 10.2. The number of nitrogens with two attached hydrogens (primary N) is 1. The average Bonchev–Trinajstić information content (AvgIpc) is 2.37. The number of nitrogens with zero attached hydrogens (tertiary/aromatic N) is 2. The molecule has 1 aromatic heterocycles. The van der Waals surface area contributed by atoms with E-state index in [9.17, 15) is 0 Å². The Kier molecular flexibility index (Phi) is 3.62. The molecular formula is C8H15N3S. The molecule has 0 aliphatic heterocycles. The van der Waals surface area contributed by atoms with Crippen molar-refractivity contribution in [1.82, 2.24) is 9.55 Å². The highest BCUT2D eigenvalue weighted by Gasteiger charge is 2.06.